The second-order valence-electron chi connectivity index (χ2n) is 3.75. The average Bonchev–Trinajstić information content (AvgIpc) is 2.80. The summed E-state index contributed by atoms with van der Waals surface area (Å²) < 4.78 is 10.5. The van der Waals surface area contributed by atoms with Crippen molar-refractivity contribution < 1.29 is 4.74 Å². The van der Waals surface area contributed by atoms with E-state index in [1.807, 2.05) is 0 Å². The number of hydrogen-bond donors (Lipinski definition) is 1. The summed E-state index contributed by atoms with van der Waals surface area (Å²) in [6.45, 7) is 6.02. The van der Waals surface area contributed by atoms with E-state index in [0.29, 0.717) is 6.04 Å². The van der Waals surface area contributed by atoms with E-state index in [-0.39, 0.29) is 0 Å². The summed E-state index contributed by atoms with van der Waals surface area (Å²) in [4.78, 5) is 4.44. The van der Waals surface area contributed by atoms with Crippen LogP contribution in [0.2, 0.25) is 0 Å². The van der Waals surface area contributed by atoms with Crippen molar-refractivity contribution in [1.82, 2.24) is 14.7 Å². The molecule has 1 N–H and O–H groups in total. The Balaban J connectivity index is 2.34. The van der Waals surface area contributed by atoms with E-state index < -0.39 is 0 Å². The molecule has 98 valence electrons. The molecule has 0 radical (unpaired) electrons. The fourth-order valence-electron chi connectivity index (χ4n) is 1.33. The molecule has 1 rings (SSSR count). The van der Waals surface area contributed by atoms with Gasteiger partial charge in [0.15, 0.2) is 4.34 Å². The molecule has 4 nitrogen and oxygen atoms in total. The fourth-order valence-corrected chi connectivity index (χ4v) is 3.08. The van der Waals surface area contributed by atoms with Crippen LogP contribution in [0.15, 0.2) is 4.34 Å². The Morgan fingerprint density at radius 1 is 1.47 bits per heavy atom. The largest absolute Gasteiger partial charge is 0.383 e. The second-order valence-corrected chi connectivity index (χ2v) is 5.77. The summed E-state index contributed by atoms with van der Waals surface area (Å²) in [7, 11) is 1.74. The number of rotatable bonds is 9. The van der Waals surface area contributed by atoms with Crippen LogP contribution in [0.1, 0.15) is 26.1 Å². The summed E-state index contributed by atoms with van der Waals surface area (Å²) in [5.74, 6) is 1.92. The number of hydrogen-bond acceptors (Lipinski definition) is 6. The van der Waals surface area contributed by atoms with Gasteiger partial charge >= 0.3 is 0 Å². The van der Waals surface area contributed by atoms with Crippen molar-refractivity contribution in [3.05, 3.63) is 5.82 Å². The predicted molar refractivity (Wildman–Crippen MR) is 74.0 cm³/mol. The zero-order valence-electron chi connectivity index (χ0n) is 10.7. The summed E-state index contributed by atoms with van der Waals surface area (Å²) in [5.41, 5.74) is 0. The second kappa shape index (κ2) is 8.85. The lowest BCUT2D eigenvalue weighted by Crippen LogP contribution is -2.35. The van der Waals surface area contributed by atoms with Gasteiger partial charge in [-0.1, -0.05) is 25.6 Å². The molecular formula is C11H21N3OS2. The van der Waals surface area contributed by atoms with Gasteiger partial charge in [-0.2, -0.15) is 4.37 Å². The Bertz CT molecular complexity index is 307. The Morgan fingerprint density at radius 3 is 2.88 bits per heavy atom. The van der Waals surface area contributed by atoms with Crippen LogP contribution in [-0.4, -0.2) is 41.4 Å². The maximum atomic E-state index is 5.21. The first kappa shape index (κ1) is 14.9. The highest BCUT2D eigenvalue weighted by atomic mass is 32.2. The van der Waals surface area contributed by atoms with E-state index in [4.69, 9.17) is 4.74 Å². The van der Waals surface area contributed by atoms with Gasteiger partial charge in [0.1, 0.15) is 5.82 Å². The minimum absolute atomic E-state index is 0.388. The number of thioether (sulfide) groups is 1. The molecule has 0 spiro atoms. The fraction of sp³-hybridized carbons (Fsp3) is 0.818. The minimum Gasteiger partial charge on any atom is -0.383 e. The predicted octanol–water partition coefficient (Wildman–Crippen LogP) is 2.21. The lowest BCUT2D eigenvalue weighted by atomic mass is 10.3. The van der Waals surface area contributed by atoms with Crippen LogP contribution >= 0.6 is 23.3 Å². The monoisotopic (exact) mass is 275 g/mol. The molecule has 0 aromatic carbocycles. The molecule has 0 saturated carbocycles. The Labute approximate surface area is 112 Å². The van der Waals surface area contributed by atoms with Gasteiger partial charge in [-0.3, -0.25) is 0 Å². The first-order valence-electron chi connectivity index (χ1n) is 5.97. The minimum atomic E-state index is 0.388. The molecule has 0 saturated heterocycles. The normalized spacial score (nSPS) is 12.9. The molecular weight excluding hydrogens is 254 g/mol. The number of aryl methyl sites for hydroxylation is 1. The molecule has 1 unspecified atom stereocenters. The van der Waals surface area contributed by atoms with Gasteiger partial charge in [0.05, 0.1) is 6.61 Å². The highest BCUT2D eigenvalue weighted by molar-refractivity contribution is 8.00. The lowest BCUT2D eigenvalue weighted by Gasteiger charge is -2.16. The third-order valence-electron chi connectivity index (χ3n) is 2.22. The smallest absolute Gasteiger partial charge is 0.170 e. The average molecular weight is 275 g/mol. The van der Waals surface area contributed by atoms with E-state index in [9.17, 15) is 0 Å². The first-order valence-corrected chi connectivity index (χ1v) is 7.73. The summed E-state index contributed by atoms with van der Waals surface area (Å²) in [6, 6.07) is 0.388. The van der Waals surface area contributed by atoms with Crippen molar-refractivity contribution in [3.8, 4) is 0 Å². The molecule has 0 bridgehead atoms. The van der Waals surface area contributed by atoms with Gasteiger partial charge in [0, 0.05) is 25.3 Å². The van der Waals surface area contributed by atoms with Crippen LogP contribution < -0.4 is 5.32 Å². The zero-order valence-corrected chi connectivity index (χ0v) is 12.4. The number of methoxy groups -OCH3 is 1. The van der Waals surface area contributed by atoms with Crippen molar-refractivity contribution in [1.29, 1.82) is 0 Å². The van der Waals surface area contributed by atoms with Gasteiger partial charge in [-0.15, -0.1) is 0 Å². The molecule has 1 heterocycles. The molecule has 0 aliphatic rings. The maximum absolute atomic E-state index is 5.21. The van der Waals surface area contributed by atoms with Crippen LogP contribution in [0.4, 0.5) is 0 Å². The van der Waals surface area contributed by atoms with Crippen molar-refractivity contribution in [2.45, 2.75) is 37.1 Å². The SMILES string of the molecule is CCCNC(COC)CSc1nc(CC)ns1. The highest BCUT2D eigenvalue weighted by Crippen LogP contribution is 2.21. The highest BCUT2D eigenvalue weighted by Gasteiger charge is 2.10. The molecule has 0 aliphatic heterocycles. The van der Waals surface area contributed by atoms with Crippen molar-refractivity contribution in [2.24, 2.45) is 0 Å². The van der Waals surface area contributed by atoms with Gasteiger partial charge in [0.25, 0.3) is 0 Å². The number of nitrogens with zero attached hydrogens (tertiary/aromatic N) is 2. The number of aromatic nitrogens is 2. The van der Waals surface area contributed by atoms with Gasteiger partial charge in [-0.25, -0.2) is 4.98 Å². The Morgan fingerprint density at radius 2 is 2.29 bits per heavy atom. The molecule has 17 heavy (non-hydrogen) atoms. The van der Waals surface area contributed by atoms with Crippen LogP contribution in [0.25, 0.3) is 0 Å². The third kappa shape index (κ3) is 5.81. The van der Waals surface area contributed by atoms with Gasteiger partial charge in [-0.05, 0) is 24.5 Å². The molecule has 6 heteroatoms. The zero-order chi connectivity index (χ0) is 12.5. The summed E-state index contributed by atoms with van der Waals surface area (Å²) in [5, 5.41) is 3.47. The summed E-state index contributed by atoms with van der Waals surface area (Å²) in [6.07, 6.45) is 2.05. The molecule has 0 amide bonds. The maximum Gasteiger partial charge on any atom is 0.170 e. The molecule has 1 atom stereocenters. The van der Waals surface area contributed by atoms with Crippen LogP contribution in [-0.2, 0) is 11.2 Å². The third-order valence-corrected chi connectivity index (χ3v) is 4.26. The van der Waals surface area contributed by atoms with Gasteiger partial charge < -0.3 is 10.1 Å². The summed E-state index contributed by atoms with van der Waals surface area (Å²) >= 11 is 3.25. The standard InChI is InChI=1S/C11H21N3OS2/c1-4-6-12-9(7-15-3)8-16-11-13-10(5-2)14-17-11/h9,12H,4-8H2,1-3H3. The van der Waals surface area contributed by atoms with Crippen LogP contribution in [0, 0.1) is 0 Å². The molecule has 0 aliphatic carbocycles. The first-order chi connectivity index (χ1) is 8.30. The van der Waals surface area contributed by atoms with E-state index in [1.54, 1.807) is 18.9 Å². The van der Waals surface area contributed by atoms with E-state index in [1.165, 1.54) is 11.5 Å². The number of ether oxygens (including phenoxy) is 1. The van der Waals surface area contributed by atoms with E-state index in [0.717, 1.165) is 41.9 Å². The lowest BCUT2D eigenvalue weighted by molar-refractivity contribution is 0.174. The van der Waals surface area contributed by atoms with Crippen LogP contribution in [0.3, 0.4) is 0 Å². The Hall–Kier alpha value is -0.170. The Kier molecular flexibility index (Phi) is 7.75. The topological polar surface area (TPSA) is 47.0 Å². The van der Waals surface area contributed by atoms with Gasteiger partial charge in [0.2, 0.25) is 0 Å². The quantitative estimate of drug-likeness (QED) is 0.700. The van der Waals surface area contributed by atoms with Crippen molar-refractivity contribution >= 4 is 23.3 Å². The number of nitrogens with one attached hydrogen (secondary N) is 1. The molecule has 0 fully saturated rings. The molecule has 1 aromatic rings. The molecule has 1 aromatic heterocycles. The van der Waals surface area contributed by atoms with Crippen molar-refractivity contribution in [3.63, 3.8) is 0 Å². The van der Waals surface area contributed by atoms with Crippen molar-refractivity contribution in [2.75, 3.05) is 26.0 Å². The van der Waals surface area contributed by atoms with E-state index in [2.05, 4.69) is 28.5 Å². The van der Waals surface area contributed by atoms with Crippen LogP contribution in [0.5, 0.6) is 0 Å². The van der Waals surface area contributed by atoms with E-state index >= 15 is 0 Å².